The summed E-state index contributed by atoms with van der Waals surface area (Å²) in [6.45, 7) is 8.18. The second-order valence-corrected chi connectivity index (χ2v) is 16.7. The molecule has 3 N–H and O–H groups in total. The van der Waals surface area contributed by atoms with E-state index in [1.165, 1.54) is 6.33 Å². The summed E-state index contributed by atoms with van der Waals surface area (Å²) < 4.78 is 36.0. The van der Waals surface area contributed by atoms with Crippen LogP contribution < -0.4 is 15.2 Å². The molecule has 0 unspecified atom stereocenters. The quantitative estimate of drug-likeness (QED) is 0.0818. The second-order valence-electron chi connectivity index (χ2n) is 13.9. The SMILES string of the molecule is COc1ccc(C(OC[C@H]2O[C@@H](n3cnc4c(N)ncnc43)C[C@@H]2O[PH](O)(CCC#N)N(C(C)C)C(C)C)(c2ccccc2)c2ccc(OC)cc2)cc1. The Morgan fingerprint density at radius 2 is 1.52 bits per heavy atom. The molecule has 0 radical (unpaired) electrons. The number of nitrogen functional groups attached to an aromatic ring is 1. The van der Waals surface area contributed by atoms with Crippen LogP contribution in [0.25, 0.3) is 11.2 Å². The maximum absolute atomic E-state index is 12.5. The third-order valence-corrected chi connectivity index (χ3v) is 13.4. The number of nitrogens with zero attached hydrogens (tertiary/aromatic N) is 6. The number of aromatic nitrogens is 4. The number of hydrogen-bond acceptors (Lipinski definition) is 12. The van der Waals surface area contributed by atoms with E-state index < -0.39 is 31.9 Å². The maximum atomic E-state index is 12.5. The molecule has 3 aromatic carbocycles. The molecular weight excluding hydrogens is 705 g/mol. The van der Waals surface area contributed by atoms with Crippen molar-refractivity contribution in [3.05, 3.63) is 108 Å². The van der Waals surface area contributed by atoms with Gasteiger partial charge in [0, 0.05) is 0 Å². The molecule has 14 heteroatoms. The van der Waals surface area contributed by atoms with E-state index in [-0.39, 0.29) is 37.1 Å². The molecule has 6 rings (SSSR count). The van der Waals surface area contributed by atoms with E-state index in [1.807, 2.05) is 116 Å². The Bertz CT molecular complexity index is 1970. The molecular formula is C40H50N7O6P. The number of imidazole rings is 1. The van der Waals surface area contributed by atoms with Gasteiger partial charge < -0.3 is 0 Å². The molecule has 1 aliphatic heterocycles. The molecule has 0 aliphatic carbocycles. The molecule has 1 saturated heterocycles. The third kappa shape index (κ3) is 7.77. The van der Waals surface area contributed by atoms with E-state index in [1.54, 1.807) is 20.5 Å². The Kier molecular flexibility index (Phi) is 12.1. The van der Waals surface area contributed by atoms with Gasteiger partial charge in [-0.05, 0) is 0 Å². The normalized spacial score (nSPS) is 18.1. The van der Waals surface area contributed by atoms with Crippen LogP contribution in [0.15, 0.2) is 91.5 Å². The van der Waals surface area contributed by atoms with Crippen LogP contribution in [0.4, 0.5) is 5.82 Å². The Hall–Kier alpha value is -4.67. The molecule has 54 heavy (non-hydrogen) atoms. The Morgan fingerprint density at radius 1 is 0.926 bits per heavy atom. The molecule has 13 nitrogen and oxygen atoms in total. The zero-order chi connectivity index (χ0) is 38.5. The second kappa shape index (κ2) is 16.8. The standard InChI is InChI=1S/C40H50N7O6P/c1-27(2)47(28(3)4)54(48,22-10-21-41)53-34-23-36(46-26-45-37-38(42)43-25-44-39(37)46)52-35(34)24-51-40(29-11-8-7-9-12-29,30-13-17-32(49-5)18-14-30)31-15-19-33(50-6)20-16-31/h7-9,11-20,25-28,34-36,48,54H,10,22-24H2,1-6H3,(H2,42,43,44)/t34-,35+,36+/m0/s1. The number of rotatable bonds is 16. The van der Waals surface area contributed by atoms with Gasteiger partial charge in [0.2, 0.25) is 0 Å². The minimum atomic E-state index is -3.72. The fraction of sp³-hybridized carbons (Fsp3) is 0.400. The first kappa shape index (κ1) is 39.0. The van der Waals surface area contributed by atoms with Crippen molar-refractivity contribution in [3.63, 3.8) is 0 Å². The van der Waals surface area contributed by atoms with Gasteiger partial charge in [-0.15, -0.1) is 0 Å². The van der Waals surface area contributed by atoms with E-state index >= 15 is 0 Å². The van der Waals surface area contributed by atoms with Crippen LogP contribution in [-0.2, 0) is 19.6 Å². The average Bonchev–Trinajstić information content (AvgIpc) is 3.79. The molecule has 3 atom stereocenters. The summed E-state index contributed by atoms with van der Waals surface area (Å²) in [6, 6.07) is 27.8. The van der Waals surface area contributed by atoms with Crippen LogP contribution in [0.5, 0.6) is 11.5 Å². The van der Waals surface area contributed by atoms with Gasteiger partial charge in [0.1, 0.15) is 0 Å². The first-order valence-electron chi connectivity index (χ1n) is 18.2. The first-order chi connectivity index (χ1) is 26.0. The van der Waals surface area contributed by atoms with Gasteiger partial charge in [-0.3, -0.25) is 0 Å². The van der Waals surface area contributed by atoms with E-state index in [4.69, 9.17) is 29.2 Å². The zero-order valence-corrected chi connectivity index (χ0v) is 32.6. The van der Waals surface area contributed by atoms with Crippen LogP contribution in [-0.4, -0.2) is 80.4 Å². The first-order valence-corrected chi connectivity index (χ1v) is 20.2. The van der Waals surface area contributed by atoms with Gasteiger partial charge in [0.25, 0.3) is 0 Å². The van der Waals surface area contributed by atoms with Crippen molar-refractivity contribution in [3.8, 4) is 17.6 Å². The van der Waals surface area contributed by atoms with Crippen molar-refractivity contribution in [1.82, 2.24) is 24.2 Å². The summed E-state index contributed by atoms with van der Waals surface area (Å²) in [6.07, 6.45) is 1.83. The molecule has 0 amide bonds. The fourth-order valence-electron chi connectivity index (χ4n) is 7.62. The minimum absolute atomic E-state index is 0.0404. The molecule has 0 bridgehead atoms. The van der Waals surface area contributed by atoms with Crippen molar-refractivity contribution in [2.75, 3.05) is 32.7 Å². The van der Waals surface area contributed by atoms with Crippen LogP contribution in [0.3, 0.4) is 0 Å². The van der Waals surface area contributed by atoms with Crippen molar-refractivity contribution in [2.24, 2.45) is 0 Å². The number of ether oxygens (including phenoxy) is 4. The van der Waals surface area contributed by atoms with Crippen LogP contribution in [0, 0.1) is 11.3 Å². The monoisotopic (exact) mass is 755 g/mol. The van der Waals surface area contributed by atoms with Gasteiger partial charge >= 0.3 is 318 Å². The molecule has 0 saturated carbocycles. The Balaban J connectivity index is 1.45. The number of methoxy groups -OCH3 is 2. The Labute approximate surface area is 317 Å². The predicted molar refractivity (Wildman–Crippen MR) is 209 cm³/mol. The van der Waals surface area contributed by atoms with Gasteiger partial charge in [-0.1, -0.05) is 0 Å². The number of nitrogens with two attached hydrogens (primary N) is 1. The van der Waals surface area contributed by atoms with Crippen molar-refractivity contribution in [2.45, 2.75) is 76.7 Å². The summed E-state index contributed by atoms with van der Waals surface area (Å²) >= 11 is 0. The van der Waals surface area contributed by atoms with Crippen molar-refractivity contribution < 1.29 is 28.4 Å². The Morgan fingerprint density at radius 3 is 2.07 bits per heavy atom. The summed E-state index contributed by atoms with van der Waals surface area (Å²) in [5.74, 6) is 1.69. The predicted octanol–water partition coefficient (Wildman–Crippen LogP) is 6.63. The number of benzene rings is 3. The van der Waals surface area contributed by atoms with Crippen LogP contribution >= 0.6 is 7.87 Å². The van der Waals surface area contributed by atoms with Crippen LogP contribution in [0.2, 0.25) is 0 Å². The number of nitriles is 1. The van der Waals surface area contributed by atoms with Crippen LogP contribution in [0.1, 0.15) is 63.5 Å². The summed E-state index contributed by atoms with van der Waals surface area (Å²) in [5.41, 5.74) is 8.64. The number of anilines is 1. The van der Waals surface area contributed by atoms with Crippen molar-refractivity contribution >= 4 is 24.8 Å². The van der Waals surface area contributed by atoms with Crippen molar-refractivity contribution in [1.29, 1.82) is 5.26 Å². The van der Waals surface area contributed by atoms with Gasteiger partial charge in [0.05, 0.1) is 0 Å². The van der Waals surface area contributed by atoms with E-state index in [2.05, 4.69) is 21.0 Å². The topological polar surface area (TPSA) is 163 Å². The molecule has 2 aromatic heterocycles. The molecule has 5 aromatic rings. The molecule has 1 aliphatic rings. The molecule has 1 fully saturated rings. The van der Waals surface area contributed by atoms with Gasteiger partial charge in [-0.25, -0.2) is 0 Å². The number of hydrogen-bond donors (Lipinski definition) is 2. The molecule has 3 heterocycles. The summed E-state index contributed by atoms with van der Waals surface area (Å²) in [5, 5.41) is 9.65. The fourth-order valence-corrected chi connectivity index (χ4v) is 10.9. The van der Waals surface area contributed by atoms with E-state index in [9.17, 15) is 10.2 Å². The van der Waals surface area contributed by atoms with Gasteiger partial charge in [-0.2, -0.15) is 0 Å². The third-order valence-electron chi connectivity index (χ3n) is 9.93. The average molecular weight is 756 g/mol. The van der Waals surface area contributed by atoms with E-state index in [0.29, 0.717) is 29.1 Å². The zero-order valence-electron chi connectivity index (χ0n) is 31.6. The summed E-state index contributed by atoms with van der Waals surface area (Å²) in [4.78, 5) is 25.6. The molecule has 286 valence electrons. The van der Waals surface area contributed by atoms with E-state index in [0.717, 1.165) is 16.7 Å². The van der Waals surface area contributed by atoms with Gasteiger partial charge in [0.15, 0.2) is 0 Å². The summed E-state index contributed by atoms with van der Waals surface area (Å²) in [7, 11) is -0.447. The number of fused-ring (bicyclic) bond motifs is 1. The molecule has 0 spiro atoms.